The number of hydrogen-bond donors (Lipinski definition) is 1. The van der Waals surface area contributed by atoms with Gasteiger partial charge < -0.3 is 19.7 Å². The third-order valence-corrected chi connectivity index (χ3v) is 5.37. The molecule has 1 aromatic carbocycles. The van der Waals surface area contributed by atoms with Gasteiger partial charge in [-0.1, -0.05) is 0 Å². The van der Waals surface area contributed by atoms with E-state index in [1.807, 2.05) is 0 Å². The second kappa shape index (κ2) is 8.70. The Morgan fingerprint density at radius 3 is 2.61 bits per heavy atom. The number of tetrazole rings is 1. The molecule has 2 aromatic rings. The lowest BCUT2D eigenvalue weighted by Gasteiger charge is -2.33. The number of piperidine rings is 1. The predicted molar refractivity (Wildman–Crippen MR) is 103 cm³/mol. The Morgan fingerprint density at radius 2 is 2.00 bits per heavy atom. The van der Waals surface area contributed by atoms with Crippen LogP contribution in [0.3, 0.4) is 0 Å². The summed E-state index contributed by atoms with van der Waals surface area (Å²) in [6, 6.07) is 2.30. The van der Waals surface area contributed by atoms with E-state index in [2.05, 4.69) is 25.6 Å². The highest BCUT2D eigenvalue weighted by Crippen LogP contribution is 2.33. The molecular weight excluding hydrogens is 416 g/mol. The molecule has 4 rings (SSSR count). The van der Waals surface area contributed by atoms with Crippen molar-refractivity contribution in [2.75, 3.05) is 43.1 Å². The minimum Gasteiger partial charge on any atom is -0.453 e. The number of ether oxygens (including phenoxy) is 2. The van der Waals surface area contributed by atoms with Crippen molar-refractivity contribution >= 4 is 23.6 Å². The molecular formula is C18H21F2N7O4. The summed E-state index contributed by atoms with van der Waals surface area (Å²) in [5, 5.41) is 13.5. The zero-order valence-electron chi connectivity index (χ0n) is 16.7. The zero-order chi connectivity index (χ0) is 22.0. The number of carbonyl (C=O) groups is 2. The van der Waals surface area contributed by atoms with Crippen molar-refractivity contribution in [2.45, 2.75) is 25.0 Å². The summed E-state index contributed by atoms with van der Waals surface area (Å²) >= 11 is 0. The van der Waals surface area contributed by atoms with E-state index < -0.39 is 29.9 Å². The van der Waals surface area contributed by atoms with Crippen LogP contribution in [0, 0.1) is 11.6 Å². The number of halogens is 2. The van der Waals surface area contributed by atoms with Gasteiger partial charge in [0.05, 0.1) is 31.9 Å². The molecule has 1 unspecified atom stereocenters. The number of hydrogen-bond acceptors (Lipinski definition) is 8. The van der Waals surface area contributed by atoms with E-state index in [4.69, 9.17) is 4.74 Å². The van der Waals surface area contributed by atoms with Crippen molar-refractivity contribution in [1.82, 2.24) is 25.5 Å². The number of nitrogens with one attached hydrogen (secondary N) is 1. The summed E-state index contributed by atoms with van der Waals surface area (Å²) in [6.45, 7) is 0.933. The van der Waals surface area contributed by atoms with Gasteiger partial charge in [-0.05, 0) is 23.3 Å². The van der Waals surface area contributed by atoms with Gasteiger partial charge in [0.15, 0.2) is 11.6 Å². The predicted octanol–water partition coefficient (Wildman–Crippen LogP) is 1.47. The van der Waals surface area contributed by atoms with Crippen molar-refractivity contribution in [3.63, 3.8) is 0 Å². The van der Waals surface area contributed by atoms with Crippen LogP contribution in [0.2, 0.25) is 0 Å². The third kappa shape index (κ3) is 4.34. The maximum absolute atomic E-state index is 14.9. The number of carbonyl (C=O) groups excluding carboxylic acids is 2. The number of benzene rings is 1. The molecule has 2 aliphatic heterocycles. The summed E-state index contributed by atoms with van der Waals surface area (Å²) in [6.07, 6.45) is 0.727. The third-order valence-electron chi connectivity index (χ3n) is 5.37. The van der Waals surface area contributed by atoms with E-state index in [-0.39, 0.29) is 30.5 Å². The molecule has 0 radical (unpaired) electrons. The van der Waals surface area contributed by atoms with Crippen LogP contribution in [0.15, 0.2) is 18.5 Å². The standard InChI is InChI=1S/C18H21F2N7O4/c1-30-17(28)21-8-13-9-26(18(29)31-13)12-6-14(19)16(15(20)7-12)25-4-2-11(3-5-25)27-10-22-23-24-27/h6-7,10-11,13H,2-5,8-9H2,1H3,(H,21,28). The minimum absolute atomic E-state index is 0.0220. The molecule has 11 nitrogen and oxygen atoms in total. The quantitative estimate of drug-likeness (QED) is 0.748. The van der Waals surface area contributed by atoms with Crippen molar-refractivity contribution in [3.05, 3.63) is 30.1 Å². The molecule has 1 aromatic heterocycles. The molecule has 1 atom stereocenters. The van der Waals surface area contributed by atoms with Crippen LogP contribution in [-0.4, -0.2) is 71.8 Å². The first-order chi connectivity index (χ1) is 15.0. The molecule has 0 aliphatic carbocycles. The summed E-state index contributed by atoms with van der Waals surface area (Å²) in [7, 11) is 1.21. The van der Waals surface area contributed by atoms with Gasteiger partial charge in [-0.15, -0.1) is 5.10 Å². The molecule has 166 valence electrons. The molecule has 3 heterocycles. The van der Waals surface area contributed by atoms with Crippen molar-refractivity contribution in [1.29, 1.82) is 0 Å². The lowest BCUT2D eigenvalue weighted by Crippen LogP contribution is -2.36. The maximum atomic E-state index is 14.9. The van der Waals surface area contributed by atoms with Crippen LogP contribution < -0.4 is 15.1 Å². The lowest BCUT2D eigenvalue weighted by molar-refractivity contribution is 0.132. The zero-order valence-corrected chi connectivity index (χ0v) is 16.7. The highest BCUT2D eigenvalue weighted by Gasteiger charge is 2.34. The van der Waals surface area contributed by atoms with E-state index >= 15 is 0 Å². The Labute approximate surface area is 175 Å². The Balaban J connectivity index is 1.43. The molecule has 31 heavy (non-hydrogen) atoms. The SMILES string of the molecule is COC(=O)NCC1CN(c2cc(F)c(N3CCC(n4cnnn4)CC3)c(F)c2)C(=O)O1. The topological polar surface area (TPSA) is 115 Å². The highest BCUT2D eigenvalue weighted by atomic mass is 19.1. The molecule has 0 bridgehead atoms. The number of aromatic nitrogens is 4. The molecule has 0 saturated carbocycles. The summed E-state index contributed by atoms with van der Waals surface area (Å²) in [4.78, 5) is 26.1. The fraction of sp³-hybridized carbons (Fsp3) is 0.500. The van der Waals surface area contributed by atoms with Crippen LogP contribution in [-0.2, 0) is 9.47 Å². The number of cyclic esters (lactones) is 1. The van der Waals surface area contributed by atoms with E-state index in [9.17, 15) is 18.4 Å². The largest absolute Gasteiger partial charge is 0.453 e. The van der Waals surface area contributed by atoms with Gasteiger partial charge in [-0.2, -0.15) is 0 Å². The Bertz CT molecular complexity index is 927. The summed E-state index contributed by atoms with van der Waals surface area (Å²) in [5.41, 5.74) is -0.0803. The second-order valence-corrected chi connectivity index (χ2v) is 7.25. The Kier molecular flexibility index (Phi) is 5.82. The average molecular weight is 437 g/mol. The van der Waals surface area contributed by atoms with E-state index in [0.29, 0.717) is 25.9 Å². The first-order valence-corrected chi connectivity index (χ1v) is 9.72. The van der Waals surface area contributed by atoms with Crippen LogP contribution in [0.1, 0.15) is 18.9 Å². The maximum Gasteiger partial charge on any atom is 0.414 e. The number of methoxy groups -OCH3 is 1. The first kappa shape index (κ1) is 20.8. The van der Waals surface area contributed by atoms with Crippen LogP contribution >= 0.6 is 0 Å². The number of nitrogens with zero attached hydrogens (tertiary/aromatic N) is 6. The van der Waals surface area contributed by atoms with Crippen LogP contribution in [0.25, 0.3) is 0 Å². The van der Waals surface area contributed by atoms with Gasteiger partial charge in [0.1, 0.15) is 18.1 Å². The second-order valence-electron chi connectivity index (χ2n) is 7.25. The van der Waals surface area contributed by atoms with E-state index in [0.717, 1.165) is 17.0 Å². The summed E-state index contributed by atoms with van der Waals surface area (Å²) in [5.74, 6) is -1.53. The molecule has 1 N–H and O–H groups in total. The molecule has 0 spiro atoms. The van der Waals surface area contributed by atoms with Crippen molar-refractivity contribution in [3.8, 4) is 0 Å². The number of rotatable bonds is 5. The van der Waals surface area contributed by atoms with E-state index in [1.54, 1.807) is 9.58 Å². The van der Waals surface area contributed by atoms with Crippen molar-refractivity contribution in [2.24, 2.45) is 0 Å². The molecule has 2 amide bonds. The van der Waals surface area contributed by atoms with Crippen LogP contribution in [0.4, 0.5) is 29.7 Å². The average Bonchev–Trinajstić information content (AvgIpc) is 3.42. The van der Waals surface area contributed by atoms with Gasteiger partial charge >= 0.3 is 12.2 Å². The monoisotopic (exact) mass is 437 g/mol. The normalized spacial score (nSPS) is 19.5. The molecule has 13 heteroatoms. The van der Waals surface area contributed by atoms with Gasteiger partial charge in [0.2, 0.25) is 0 Å². The van der Waals surface area contributed by atoms with Crippen molar-refractivity contribution < 1.29 is 27.8 Å². The van der Waals surface area contributed by atoms with Gasteiger partial charge in [0, 0.05) is 25.2 Å². The number of amides is 2. The highest BCUT2D eigenvalue weighted by molar-refractivity contribution is 5.90. The lowest BCUT2D eigenvalue weighted by atomic mass is 10.0. The van der Waals surface area contributed by atoms with Gasteiger partial charge in [-0.25, -0.2) is 23.1 Å². The van der Waals surface area contributed by atoms with Gasteiger partial charge in [-0.3, -0.25) is 4.90 Å². The minimum atomic E-state index is -0.764. The first-order valence-electron chi connectivity index (χ1n) is 9.72. The summed E-state index contributed by atoms with van der Waals surface area (Å²) < 4.78 is 41.0. The smallest absolute Gasteiger partial charge is 0.414 e. The fourth-order valence-corrected chi connectivity index (χ4v) is 3.81. The Morgan fingerprint density at radius 1 is 1.29 bits per heavy atom. The number of alkyl carbamates (subject to hydrolysis) is 1. The van der Waals surface area contributed by atoms with E-state index in [1.165, 1.54) is 13.4 Å². The molecule has 2 saturated heterocycles. The Hall–Kier alpha value is -3.51. The van der Waals surface area contributed by atoms with Crippen LogP contribution in [0.5, 0.6) is 0 Å². The van der Waals surface area contributed by atoms with Gasteiger partial charge in [0.25, 0.3) is 0 Å². The fourth-order valence-electron chi connectivity index (χ4n) is 3.81. The molecule has 2 aliphatic rings. The number of anilines is 2. The molecule has 2 fully saturated rings.